The predicted octanol–water partition coefficient (Wildman–Crippen LogP) is 2.01. The Bertz CT molecular complexity index is 324. The lowest BCUT2D eigenvalue weighted by atomic mass is 9.99. The molecule has 6 heteroatoms. The minimum Gasteiger partial charge on any atom is -0.481 e. The zero-order valence-corrected chi connectivity index (χ0v) is 12.4. The molecular formula is C14H24O6. The largest absolute Gasteiger partial charge is 0.481 e. The summed E-state index contributed by atoms with van der Waals surface area (Å²) in [5, 5.41) is 8.38. The molecule has 0 aromatic heterocycles. The van der Waals surface area contributed by atoms with Crippen molar-refractivity contribution in [1.29, 1.82) is 0 Å². The van der Waals surface area contributed by atoms with Crippen LogP contribution in [0.1, 0.15) is 46.5 Å². The minimum atomic E-state index is -1.03. The fraction of sp³-hybridized carbons (Fsp3) is 0.786. The van der Waals surface area contributed by atoms with Gasteiger partial charge in [-0.1, -0.05) is 20.8 Å². The van der Waals surface area contributed by atoms with Crippen molar-refractivity contribution in [3.8, 4) is 0 Å². The Morgan fingerprint density at radius 1 is 1.00 bits per heavy atom. The molecule has 0 rings (SSSR count). The molecule has 0 aromatic rings. The van der Waals surface area contributed by atoms with E-state index in [-0.39, 0.29) is 37.9 Å². The third kappa shape index (κ3) is 10.3. The highest BCUT2D eigenvalue weighted by Gasteiger charge is 2.15. The van der Waals surface area contributed by atoms with E-state index in [1.807, 2.05) is 20.8 Å². The van der Waals surface area contributed by atoms with Crippen molar-refractivity contribution >= 4 is 17.9 Å². The molecule has 0 spiro atoms. The lowest BCUT2D eigenvalue weighted by Crippen LogP contribution is -2.18. The van der Waals surface area contributed by atoms with E-state index < -0.39 is 11.9 Å². The molecule has 0 saturated heterocycles. The SMILES string of the molecule is CC(C)CC(C)C(=O)OCCCOC(=O)CCC(=O)O. The van der Waals surface area contributed by atoms with Gasteiger partial charge in [0.1, 0.15) is 0 Å². The summed E-state index contributed by atoms with van der Waals surface area (Å²) in [5.41, 5.74) is 0. The predicted molar refractivity (Wildman–Crippen MR) is 72.0 cm³/mol. The fourth-order valence-electron chi connectivity index (χ4n) is 1.64. The molecule has 0 aliphatic heterocycles. The average Bonchev–Trinajstić information content (AvgIpc) is 2.34. The molecule has 0 saturated carbocycles. The molecule has 0 aliphatic carbocycles. The number of hydrogen-bond acceptors (Lipinski definition) is 5. The summed E-state index contributed by atoms with van der Waals surface area (Å²) < 4.78 is 9.87. The van der Waals surface area contributed by atoms with E-state index in [1.165, 1.54) is 0 Å². The van der Waals surface area contributed by atoms with E-state index >= 15 is 0 Å². The van der Waals surface area contributed by atoms with Gasteiger partial charge in [0.05, 0.1) is 32.0 Å². The van der Waals surface area contributed by atoms with E-state index in [0.29, 0.717) is 12.3 Å². The fourth-order valence-corrected chi connectivity index (χ4v) is 1.64. The third-order valence-corrected chi connectivity index (χ3v) is 2.57. The highest BCUT2D eigenvalue weighted by Crippen LogP contribution is 2.12. The summed E-state index contributed by atoms with van der Waals surface area (Å²) in [4.78, 5) is 32.9. The molecule has 1 atom stereocenters. The summed E-state index contributed by atoms with van der Waals surface area (Å²) >= 11 is 0. The van der Waals surface area contributed by atoms with Gasteiger partial charge in [0.2, 0.25) is 0 Å². The Morgan fingerprint density at radius 3 is 2.15 bits per heavy atom. The van der Waals surface area contributed by atoms with Crippen LogP contribution < -0.4 is 0 Å². The van der Waals surface area contributed by atoms with Crippen molar-refractivity contribution in [2.45, 2.75) is 46.5 Å². The van der Waals surface area contributed by atoms with Crippen LogP contribution in [-0.4, -0.2) is 36.2 Å². The van der Waals surface area contributed by atoms with Crippen LogP contribution in [0.4, 0.5) is 0 Å². The highest BCUT2D eigenvalue weighted by atomic mass is 16.5. The number of hydrogen-bond donors (Lipinski definition) is 1. The summed E-state index contributed by atoms with van der Waals surface area (Å²) in [7, 11) is 0. The first-order chi connectivity index (χ1) is 9.32. The van der Waals surface area contributed by atoms with E-state index in [9.17, 15) is 14.4 Å². The molecular weight excluding hydrogens is 264 g/mol. The van der Waals surface area contributed by atoms with Gasteiger partial charge in [0.25, 0.3) is 0 Å². The maximum absolute atomic E-state index is 11.6. The quantitative estimate of drug-likeness (QED) is 0.488. The standard InChI is InChI=1S/C14H24O6/c1-10(2)9-11(3)14(18)20-8-4-7-19-13(17)6-5-12(15)16/h10-11H,4-9H2,1-3H3,(H,15,16). The van der Waals surface area contributed by atoms with Crippen LogP contribution in [0.15, 0.2) is 0 Å². The molecule has 0 amide bonds. The second kappa shape index (κ2) is 10.2. The van der Waals surface area contributed by atoms with E-state index in [0.717, 1.165) is 6.42 Å². The lowest BCUT2D eigenvalue weighted by Gasteiger charge is -2.13. The molecule has 6 nitrogen and oxygen atoms in total. The van der Waals surface area contributed by atoms with Gasteiger partial charge >= 0.3 is 17.9 Å². The van der Waals surface area contributed by atoms with Crippen LogP contribution in [0, 0.1) is 11.8 Å². The number of carboxylic acids is 1. The van der Waals surface area contributed by atoms with Crippen LogP contribution >= 0.6 is 0 Å². The van der Waals surface area contributed by atoms with Gasteiger partial charge in [-0.05, 0) is 12.3 Å². The van der Waals surface area contributed by atoms with Gasteiger partial charge in [0, 0.05) is 6.42 Å². The molecule has 0 radical (unpaired) electrons. The lowest BCUT2D eigenvalue weighted by molar-refractivity contribution is -0.150. The Kier molecular flexibility index (Phi) is 9.41. The zero-order valence-electron chi connectivity index (χ0n) is 12.4. The molecule has 1 unspecified atom stereocenters. The number of esters is 2. The maximum atomic E-state index is 11.6. The first-order valence-corrected chi connectivity index (χ1v) is 6.87. The second-order valence-corrected chi connectivity index (χ2v) is 5.17. The summed E-state index contributed by atoms with van der Waals surface area (Å²) in [5.74, 6) is -1.52. The van der Waals surface area contributed by atoms with Crippen molar-refractivity contribution in [2.24, 2.45) is 11.8 Å². The molecule has 20 heavy (non-hydrogen) atoms. The van der Waals surface area contributed by atoms with Crippen molar-refractivity contribution in [1.82, 2.24) is 0 Å². The Labute approximate surface area is 119 Å². The normalized spacial score (nSPS) is 12.0. The molecule has 0 heterocycles. The summed E-state index contributed by atoms with van der Waals surface area (Å²) in [6, 6.07) is 0. The molecule has 1 N–H and O–H groups in total. The van der Waals surface area contributed by atoms with Gasteiger partial charge in [-0.15, -0.1) is 0 Å². The van der Waals surface area contributed by atoms with Gasteiger partial charge in [0.15, 0.2) is 0 Å². The third-order valence-electron chi connectivity index (χ3n) is 2.57. The summed E-state index contributed by atoms with van der Waals surface area (Å²) in [6.07, 6.45) is 0.822. The Hall–Kier alpha value is -1.59. The van der Waals surface area contributed by atoms with Gasteiger partial charge in [-0.25, -0.2) is 0 Å². The number of carboxylic acid groups (broad SMARTS) is 1. The number of carbonyl (C=O) groups is 3. The van der Waals surface area contributed by atoms with Crippen molar-refractivity contribution in [3.05, 3.63) is 0 Å². The number of rotatable bonds is 10. The maximum Gasteiger partial charge on any atom is 0.308 e. The Morgan fingerprint density at radius 2 is 1.60 bits per heavy atom. The van der Waals surface area contributed by atoms with Crippen LogP contribution in [0.3, 0.4) is 0 Å². The van der Waals surface area contributed by atoms with Crippen molar-refractivity contribution in [3.63, 3.8) is 0 Å². The smallest absolute Gasteiger partial charge is 0.308 e. The molecule has 0 fully saturated rings. The first-order valence-electron chi connectivity index (χ1n) is 6.87. The highest BCUT2D eigenvalue weighted by molar-refractivity contribution is 5.76. The summed E-state index contributed by atoms with van der Waals surface area (Å²) in [6.45, 7) is 6.24. The second-order valence-electron chi connectivity index (χ2n) is 5.17. The molecule has 0 aromatic carbocycles. The zero-order chi connectivity index (χ0) is 15.5. The van der Waals surface area contributed by atoms with E-state index in [4.69, 9.17) is 14.6 Å². The molecule has 116 valence electrons. The number of aliphatic carboxylic acids is 1. The molecule has 0 bridgehead atoms. The van der Waals surface area contributed by atoms with E-state index in [1.54, 1.807) is 0 Å². The first kappa shape index (κ1) is 18.4. The molecule has 0 aliphatic rings. The van der Waals surface area contributed by atoms with E-state index in [2.05, 4.69) is 0 Å². The van der Waals surface area contributed by atoms with Crippen LogP contribution in [0.25, 0.3) is 0 Å². The monoisotopic (exact) mass is 288 g/mol. The van der Waals surface area contributed by atoms with Crippen LogP contribution in [0.5, 0.6) is 0 Å². The van der Waals surface area contributed by atoms with Gasteiger partial charge in [-0.2, -0.15) is 0 Å². The van der Waals surface area contributed by atoms with Crippen LogP contribution in [0.2, 0.25) is 0 Å². The Balaban J connectivity index is 3.59. The number of carbonyl (C=O) groups excluding carboxylic acids is 2. The van der Waals surface area contributed by atoms with Crippen molar-refractivity contribution in [2.75, 3.05) is 13.2 Å². The minimum absolute atomic E-state index is 0.129. The van der Waals surface area contributed by atoms with Crippen LogP contribution in [-0.2, 0) is 23.9 Å². The van der Waals surface area contributed by atoms with Gasteiger partial charge in [-0.3, -0.25) is 14.4 Å². The van der Waals surface area contributed by atoms with Crippen molar-refractivity contribution < 1.29 is 29.0 Å². The van der Waals surface area contributed by atoms with Gasteiger partial charge < -0.3 is 14.6 Å². The average molecular weight is 288 g/mol. The number of ether oxygens (including phenoxy) is 2. The topological polar surface area (TPSA) is 89.9 Å².